The Balaban J connectivity index is 1.33. The number of nitrogens with zero attached hydrogens (tertiary/aromatic N) is 1. The highest BCUT2D eigenvalue weighted by atomic mass is 32.2. The molecule has 1 aliphatic heterocycles. The Bertz CT molecular complexity index is 1540. The summed E-state index contributed by atoms with van der Waals surface area (Å²) in [7, 11) is -3.32. The van der Waals surface area contributed by atoms with Crippen LogP contribution in [0.1, 0.15) is 22.3 Å². The number of benzene rings is 3. The molecule has 0 amide bonds. The normalized spacial score (nSPS) is 13.5. The van der Waals surface area contributed by atoms with Gasteiger partial charge >= 0.3 is 0 Å². The number of pyridine rings is 1. The number of H-pyrrole nitrogens is 1. The van der Waals surface area contributed by atoms with E-state index in [-0.39, 0.29) is 5.56 Å². The lowest BCUT2D eigenvalue weighted by Gasteiger charge is -2.05. The van der Waals surface area contributed by atoms with Gasteiger partial charge in [0.05, 0.1) is 4.90 Å². The Morgan fingerprint density at radius 1 is 0.879 bits per heavy atom. The average molecular weight is 455 g/mol. The van der Waals surface area contributed by atoms with Crippen LogP contribution in [0.4, 0.5) is 0 Å². The molecule has 5 rings (SSSR count). The van der Waals surface area contributed by atoms with Crippen LogP contribution in [0.2, 0.25) is 0 Å². The van der Waals surface area contributed by atoms with Crippen molar-refractivity contribution in [3.63, 3.8) is 0 Å². The molecule has 0 spiro atoms. The monoisotopic (exact) mass is 454 g/mol. The van der Waals surface area contributed by atoms with Gasteiger partial charge in [0.15, 0.2) is 0 Å². The Kier molecular flexibility index (Phi) is 5.59. The summed E-state index contributed by atoms with van der Waals surface area (Å²) in [5.74, 6) is 6.33. The zero-order valence-electron chi connectivity index (χ0n) is 17.9. The molecule has 0 radical (unpaired) electrons. The van der Waals surface area contributed by atoms with E-state index in [9.17, 15) is 13.2 Å². The Hall–Kier alpha value is -3.66. The number of hydrogen-bond donors (Lipinski definition) is 1. The molecule has 2 heterocycles. The third kappa shape index (κ3) is 4.75. The largest absolute Gasteiger partial charge is 0.322 e. The minimum Gasteiger partial charge on any atom is -0.322 e. The third-order valence-electron chi connectivity index (χ3n) is 5.65. The molecular formula is C27H22N2O3S. The van der Waals surface area contributed by atoms with Crippen molar-refractivity contribution in [3.8, 4) is 11.8 Å². The molecule has 33 heavy (non-hydrogen) atoms. The molecule has 0 aliphatic carbocycles. The van der Waals surface area contributed by atoms with Crippen LogP contribution in [0, 0.1) is 11.8 Å². The lowest BCUT2D eigenvalue weighted by Crippen LogP contribution is -2.12. The molecule has 1 N–H and O–H groups in total. The van der Waals surface area contributed by atoms with Crippen LogP contribution in [0.5, 0.6) is 0 Å². The first-order chi connectivity index (χ1) is 16.0. The Morgan fingerprint density at radius 2 is 1.64 bits per heavy atom. The molecule has 0 unspecified atom stereocenters. The predicted molar refractivity (Wildman–Crippen MR) is 130 cm³/mol. The molecule has 4 aromatic rings. The maximum Gasteiger partial charge on any atom is 0.251 e. The number of sulfonamides is 1. The van der Waals surface area contributed by atoms with Crippen molar-refractivity contribution in [1.82, 2.24) is 9.29 Å². The summed E-state index contributed by atoms with van der Waals surface area (Å²) in [6.07, 6.45) is 1.10. The molecule has 164 valence electrons. The van der Waals surface area contributed by atoms with Crippen LogP contribution in [0.15, 0.2) is 88.6 Å². The molecular weight excluding hydrogens is 432 g/mol. The van der Waals surface area contributed by atoms with Crippen LogP contribution in [-0.4, -0.2) is 30.8 Å². The second-order valence-corrected chi connectivity index (χ2v) is 10.1. The maximum atomic E-state index is 12.5. The molecule has 1 aromatic heterocycles. The van der Waals surface area contributed by atoms with E-state index < -0.39 is 10.0 Å². The van der Waals surface area contributed by atoms with E-state index in [1.165, 1.54) is 4.31 Å². The molecule has 0 bridgehead atoms. The number of nitrogens with one attached hydrogen (secondary N) is 1. The van der Waals surface area contributed by atoms with Crippen LogP contribution in [0.3, 0.4) is 0 Å². The van der Waals surface area contributed by atoms with E-state index in [2.05, 4.69) is 16.8 Å². The van der Waals surface area contributed by atoms with Gasteiger partial charge in [0, 0.05) is 42.6 Å². The second-order valence-electron chi connectivity index (χ2n) is 8.11. The smallest absolute Gasteiger partial charge is 0.251 e. The molecule has 6 heteroatoms. The molecule has 0 saturated carbocycles. The molecule has 1 fully saturated rings. The molecule has 1 saturated heterocycles. The van der Waals surface area contributed by atoms with Crippen molar-refractivity contribution in [3.05, 3.63) is 111 Å². The Morgan fingerprint density at radius 3 is 2.36 bits per heavy atom. The van der Waals surface area contributed by atoms with Gasteiger partial charge in [-0.05, 0) is 52.9 Å². The first-order valence-electron chi connectivity index (χ1n) is 10.8. The van der Waals surface area contributed by atoms with Gasteiger partial charge in [0.2, 0.25) is 10.0 Å². The van der Waals surface area contributed by atoms with Gasteiger partial charge in [-0.3, -0.25) is 4.79 Å². The standard InChI is InChI=1S/C27H22N2O3S/c30-27-24(18-21-5-2-1-3-6-21)19-23-17-22(11-14-26(23)28-27)8-4-7-20-9-12-25(13-10-20)33(31,32)29-15-16-29/h1-3,5-6,9-14,17,19H,7,15-16,18H2,(H,28,30). The summed E-state index contributed by atoms with van der Waals surface area (Å²) >= 11 is 0. The fraction of sp³-hybridized carbons (Fsp3) is 0.148. The fourth-order valence-corrected chi connectivity index (χ4v) is 5.08. The summed E-state index contributed by atoms with van der Waals surface area (Å²) in [5.41, 5.74) is 4.34. The topological polar surface area (TPSA) is 70.0 Å². The highest BCUT2D eigenvalue weighted by Crippen LogP contribution is 2.22. The molecule has 3 aromatic carbocycles. The van der Waals surface area contributed by atoms with Crippen molar-refractivity contribution in [2.75, 3.05) is 13.1 Å². The second kappa shape index (κ2) is 8.70. The zero-order valence-corrected chi connectivity index (χ0v) is 18.7. The summed E-state index contributed by atoms with van der Waals surface area (Å²) in [5, 5.41) is 0.942. The lowest BCUT2D eigenvalue weighted by molar-refractivity contribution is 0.563. The average Bonchev–Trinajstić information content (AvgIpc) is 3.67. The van der Waals surface area contributed by atoms with E-state index in [1.807, 2.05) is 66.7 Å². The first kappa shape index (κ1) is 21.2. The quantitative estimate of drug-likeness (QED) is 0.369. The van der Waals surface area contributed by atoms with E-state index in [1.54, 1.807) is 12.1 Å². The van der Waals surface area contributed by atoms with E-state index in [4.69, 9.17) is 0 Å². The van der Waals surface area contributed by atoms with Crippen LogP contribution < -0.4 is 5.56 Å². The number of fused-ring (bicyclic) bond motifs is 1. The van der Waals surface area contributed by atoms with Gasteiger partial charge in [-0.2, -0.15) is 4.31 Å². The SMILES string of the molecule is O=c1[nH]c2ccc(C#CCc3ccc(S(=O)(=O)N4CC4)cc3)cc2cc1Cc1ccccc1. The minimum absolute atomic E-state index is 0.0749. The van der Waals surface area contributed by atoms with Crippen LogP contribution in [0.25, 0.3) is 10.9 Å². The molecule has 5 nitrogen and oxygen atoms in total. The van der Waals surface area contributed by atoms with Gasteiger partial charge < -0.3 is 4.98 Å². The highest BCUT2D eigenvalue weighted by molar-refractivity contribution is 7.89. The van der Waals surface area contributed by atoms with Crippen molar-refractivity contribution in [2.24, 2.45) is 0 Å². The summed E-state index contributed by atoms with van der Waals surface area (Å²) in [6, 6.07) is 24.5. The summed E-state index contributed by atoms with van der Waals surface area (Å²) in [6.45, 7) is 1.20. The van der Waals surface area contributed by atoms with E-state index >= 15 is 0 Å². The fourth-order valence-electron chi connectivity index (χ4n) is 3.73. The number of rotatable bonds is 5. The van der Waals surface area contributed by atoms with E-state index in [0.29, 0.717) is 30.8 Å². The summed E-state index contributed by atoms with van der Waals surface area (Å²) in [4.78, 5) is 15.7. The highest BCUT2D eigenvalue weighted by Gasteiger charge is 2.32. The van der Waals surface area contributed by atoms with Gasteiger partial charge in [0.1, 0.15) is 0 Å². The number of aromatic amines is 1. The molecule has 0 atom stereocenters. The van der Waals surface area contributed by atoms with Crippen LogP contribution >= 0.6 is 0 Å². The number of hydrogen-bond acceptors (Lipinski definition) is 3. The zero-order chi connectivity index (χ0) is 22.8. The van der Waals surface area contributed by atoms with Crippen molar-refractivity contribution >= 4 is 20.9 Å². The van der Waals surface area contributed by atoms with Crippen molar-refractivity contribution < 1.29 is 8.42 Å². The van der Waals surface area contributed by atoms with Gasteiger partial charge in [-0.25, -0.2) is 8.42 Å². The molecule has 1 aliphatic rings. The van der Waals surface area contributed by atoms with Crippen LogP contribution in [-0.2, 0) is 22.9 Å². The third-order valence-corrected chi connectivity index (χ3v) is 7.56. The van der Waals surface area contributed by atoms with Crippen molar-refractivity contribution in [1.29, 1.82) is 0 Å². The number of aromatic nitrogens is 1. The van der Waals surface area contributed by atoms with Gasteiger partial charge in [-0.1, -0.05) is 54.3 Å². The van der Waals surface area contributed by atoms with Gasteiger partial charge in [0.25, 0.3) is 5.56 Å². The van der Waals surface area contributed by atoms with Gasteiger partial charge in [-0.15, -0.1) is 0 Å². The first-order valence-corrected chi connectivity index (χ1v) is 12.2. The Labute approximate surface area is 192 Å². The minimum atomic E-state index is -3.32. The predicted octanol–water partition coefficient (Wildman–Crippen LogP) is 3.72. The van der Waals surface area contributed by atoms with Crippen molar-refractivity contribution in [2.45, 2.75) is 17.7 Å². The summed E-state index contributed by atoms with van der Waals surface area (Å²) < 4.78 is 25.9. The maximum absolute atomic E-state index is 12.5. The van der Waals surface area contributed by atoms with E-state index in [0.717, 1.165) is 33.2 Å². The lowest BCUT2D eigenvalue weighted by atomic mass is 10.0.